The average molecular weight is 314 g/mol. The molecule has 0 saturated heterocycles. The predicted octanol–water partition coefficient (Wildman–Crippen LogP) is 5.78. The molecule has 24 heavy (non-hydrogen) atoms. The number of rotatable bonds is 5. The average Bonchev–Trinajstić information content (AvgIpc) is 2.64. The van der Waals surface area contributed by atoms with E-state index in [4.69, 9.17) is 0 Å². The van der Waals surface area contributed by atoms with Gasteiger partial charge in [-0.2, -0.15) is 0 Å². The molecule has 0 spiro atoms. The summed E-state index contributed by atoms with van der Waals surface area (Å²) in [5.41, 5.74) is 4.72. The first-order valence-electron chi connectivity index (χ1n) is 8.97. The van der Waals surface area contributed by atoms with Gasteiger partial charge >= 0.3 is 0 Å². The van der Waals surface area contributed by atoms with Crippen LogP contribution in [-0.2, 0) is 12.8 Å². The first-order valence-corrected chi connectivity index (χ1v) is 8.97. The second kappa shape index (κ2) is 10.4. The lowest BCUT2D eigenvalue weighted by molar-refractivity contribution is 0.737. The molecule has 2 rings (SSSR count). The fourth-order valence-electron chi connectivity index (χ4n) is 2.39. The van der Waals surface area contributed by atoms with Gasteiger partial charge in [-0.1, -0.05) is 68.7 Å². The largest absolute Gasteiger partial charge is 0.103 e. The Morgan fingerprint density at radius 2 is 1.25 bits per heavy atom. The van der Waals surface area contributed by atoms with Crippen LogP contribution in [0.4, 0.5) is 0 Å². The molecule has 0 fully saturated rings. The van der Waals surface area contributed by atoms with E-state index in [9.17, 15) is 0 Å². The molecule has 0 nitrogen and oxygen atoms in total. The van der Waals surface area contributed by atoms with Gasteiger partial charge in [0.25, 0.3) is 0 Å². The van der Waals surface area contributed by atoms with Crippen molar-refractivity contribution >= 4 is 0 Å². The molecule has 0 N–H and O–H groups in total. The summed E-state index contributed by atoms with van der Waals surface area (Å²) < 4.78 is 0. The maximum atomic E-state index is 3.26. The quantitative estimate of drug-likeness (QED) is 0.485. The molecule has 0 aliphatic carbocycles. The molecule has 0 unspecified atom stereocenters. The standard InChI is InChI=1S/C24H26/c1-3-5-6-7-8-9-10-22-15-17-24(18-16-22)20-19-23-13-11-21(4-2)12-14-23/h11-18H,3-7,10H2,1-2H3. The Labute approximate surface area is 147 Å². The molecule has 0 heterocycles. The highest BCUT2D eigenvalue weighted by Gasteiger charge is 1.92. The van der Waals surface area contributed by atoms with Gasteiger partial charge in [-0.25, -0.2) is 0 Å². The van der Waals surface area contributed by atoms with Crippen LogP contribution in [0.25, 0.3) is 0 Å². The van der Waals surface area contributed by atoms with Crippen molar-refractivity contribution < 1.29 is 0 Å². The normalized spacial score (nSPS) is 9.58. The Morgan fingerprint density at radius 1 is 0.667 bits per heavy atom. The van der Waals surface area contributed by atoms with Crippen molar-refractivity contribution in [2.45, 2.75) is 52.4 Å². The monoisotopic (exact) mass is 314 g/mol. The summed E-state index contributed by atoms with van der Waals surface area (Å²) in [6, 6.07) is 16.9. The molecule has 0 aliphatic rings. The van der Waals surface area contributed by atoms with Gasteiger partial charge in [0.2, 0.25) is 0 Å². The van der Waals surface area contributed by atoms with Crippen LogP contribution in [0.5, 0.6) is 0 Å². The number of hydrogen-bond acceptors (Lipinski definition) is 0. The fourth-order valence-corrected chi connectivity index (χ4v) is 2.39. The lowest BCUT2D eigenvalue weighted by atomic mass is 10.1. The van der Waals surface area contributed by atoms with Gasteiger partial charge in [-0.05, 0) is 48.2 Å². The van der Waals surface area contributed by atoms with E-state index in [0.29, 0.717) is 0 Å². The highest BCUT2D eigenvalue weighted by Crippen LogP contribution is 2.06. The summed E-state index contributed by atoms with van der Waals surface area (Å²) in [6.07, 6.45) is 6.68. The highest BCUT2D eigenvalue weighted by atomic mass is 14.0. The van der Waals surface area contributed by atoms with Crippen LogP contribution in [0.3, 0.4) is 0 Å². The van der Waals surface area contributed by atoms with Crippen molar-refractivity contribution in [1.29, 1.82) is 0 Å². The molecule has 0 bridgehead atoms. The van der Waals surface area contributed by atoms with Gasteiger partial charge in [-0.15, -0.1) is 5.92 Å². The Balaban J connectivity index is 1.89. The Morgan fingerprint density at radius 3 is 1.79 bits per heavy atom. The minimum atomic E-state index is 0.832. The van der Waals surface area contributed by atoms with E-state index in [1.165, 1.54) is 30.4 Å². The maximum absolute atomic E-state index is 3.26. The number of benzene rings is 2. The lowest BCUT2D eigenvalue weighted by Crippen LogP contribution is -1.83. The Hall–Kier alpha value is -2.44. The van der Waals surface area contributed by atoms with Gasteiger partial charge < -0.3 is 0 Å². The molecule has 0 saturated carbocycles. The molecular weight excluding hydrogens is 288 g/mol. The van der Waals surface area contributed by atoms with Gasteiger partial charge in [0.1, 0.15) is 0 Å². The van der Waals surface area contributed by atoms with Crippen molar-refractivity contribution in [3.63, 3.8) is 0 Å². The van der Waals surface area contributed by atoms with E-state index >= 15 is 0 Å². The first kappa shape index (κ1) is 17.9. The molecular formula is C24H26. The van der Waals surface area contributed by atoms with Crippen LogP contribution in [0.15, 0.2) is 48.5 Å². The molecule has 0 radical (unpaired) electrons. The van der Waals surface area contributed by atoms with Crippen LogP contribution in [0, 0.1) is 23.7 Å². The van der Waals surface area contributed by atoms with Crippen molar-refractivity contribution in [1.82, 2.24) is 0 Å². The molecule has 0 aliphatic heterocycles. The van der Waals surface area contributed by atoms with E-state index in [1.54, 1.807) is 0 Å². The van der Waals surface area contributed by atoms with E-state index in [1.807, 2.05) is 0 Å². The van der Waals surface area contributed by atoms with Gasteiger partial charge in [0.05, 0.1) is 0 Å². The van der Waals surface area contributed by atoms with E-state index in [0.717, 1.165) is 30.4 Å². The topological polar surface area (TPSA) is 0 Å². The van der Waals surface area contributed by atoms with Gasteiger partial charge in [-0.3, -0.25) is 0 Å². The third-order valence-corrected chi connectivity index (χ3v) is 3.99. The number of hydrogen-bond donors (Lipinski definition) is 0. The minimum absolute atomic E-state index is 0.832. The molecule has 0 heteroatoms. The molecule has 0 amide bonds. The van der Waals surface area contributed by atoms with Crippen molar-refractivity contribution in [2.24, 2.45) is 0 Å². The van der Waals surface area contributed by atoms with Crippen molar-refractivity contribution in [3.8, 4) is 23.7 Å². The zero-order valence-electron chi connectivity index (χ0n) is 14.9. The first-order chi connectivity index (χ1) is 11.8. The fraction of sp³-hybridized carbons (Fsp3) is 0.333. The minimum Gasteiger partial charge on any atom is -0.103 e. The van der Waals surface area contributed by atoms with Gasteiger partial charge in [0.15, 0.2) is 0 Å². The van der Waals surface area contributed by atoms with Crippen molar-refractivity contribution in [2.75, 3.05) is 0 Å². The molecule has 0 atom stereocenters. The smallest absolute Gasteiger partial charge is 0.0340 e. The second-order valence-electron chi connectivity index (χ2n) is 5.98. The van der Waals surface area contributed by atoms with Crippen LogP contribution < -0.4 is 0 Å². The van der Waals surface area contributed by atoms with Gasteiger partial charge in [0, 0.05) is 24.0 Å². The SMILES string of the molecule is CCCCCC#CCc1ccc(C#Cc2ccc(CC)cc2)cc1. The van der Waals surface area contributed by atoms with Crippen LogP contribution in [0.1, 0.15) is 61.8 Å². The molecule has 0 aromatic heterocycles. The van der Waals surface area contributed by atoms with Crippen molar-refractivity contribution in [3.05, 3.63) is 70.8 Å². The summed E-state index contributed by atoms with van der Waals surface area (Å²) >= 11 is 0. The summed E-state index contributed by atoms with van der Waals surface area (Å²) in [6.45, 7) is 4.38. The van der Waals surface area contributed by atoms with Crippen LogP contribution >= 0.6 is 0 Å². The zero-order chi connectivity index (χ0) is 17.0. The Kier molecular flexibility index (Phi) is 7.73. The molecule has 2 aromatic rings. The lowest BCUT2D eigenvalue weighted by Gasteiger charge is -1.96. The van der Waals surface area contributed by atoms with E-state index in [2.05, 4.69) is 86.1 Å². The maximum Gasteiger partial charge on any atom is 0.0340 e. The van der Waals surface area contributed by atoms with Crippen LogP contribution in [-0.4, -0.2) is 0 Å². The summed E-state index contributed by atoms with van der Waals surface area (Å²) in [4.78, 5) is 0. The zero-order valence-corrected chi connectivity index (χ0v) is 14.9. The Bertz CT molecular complexity index is 725. The van der Waals surface area contributed by atoms with Crippen LogP contribution in [0.2, 0.25) is 0 Å². The van der Waals surface area contributed by atoms with E-state index < -0.39 is 0 Å². The summed E-state index contributed by atoms with van der Waals surface area (Å²) in [5, 5.41) is 0. The van der Waals surface area contributed by atoms with E-state index in [-0.39, 0.29) is 0 Å². The predicted molar refractivity (Wildman–Crippen MR) is 104 cm³/mol. The third kappa shape index (κ3) is 6.36. The number of aryl methyl sites for hydroxylation is 1. The third-order valence-electron chi connectivity index (χ3n) is 3.99. The number of unbranched alkanes of at least 4 members (excludes halogenated alkanes) is 3. The second-order valence-corrected chi connectivity index (χ2v) is 5.98. The summed E-state index contributed by atoms with van der Waals surface area (Å²) in [5.74, 6) is 13.0. The molecule has 2 aromatic carbocycles. The molecule has 122 valence electrons. The summed E-state index contributed by atoms with van der Waals surface area (Å²) in [7, 11) is 0. The highest BCUT2D eigenvalue weighted by molar-refractivity contribution is 5.44.